The number of morpholine rings is 1. The molecule has 2 saturated heterocycles. The molecule has 0 aromatic heterocycles. The summed E-state index contributed by atoms with van der Waals surface area (Å²) in [5, 5.41) is 3.26. The van der Waals surface area contributed by atoms with Crippen LogP contribution in [0.5, 0.6) is 0 Å². The minimum atomic E-state index is 0.272. The van der Waals surface area contributed by atoms with Crippen LogP contribution in [0.1, 0.15) is 58.8 Å². The first-order chi connectivity index (χ1) is 12.1. The van der Waals surface area contributed by atoms with Crippen molar-refractivity contribution in [1.29, 1.82) is 0 Å². The number of nitrogens with one attached hydrogen (secondary N) is 1. The number of rotatable bonds is 6. The van der Waals surface area contributed by atoms with E-state index in [1.807, 2.05) is 0 Å². The zero-order valence-corrected chi connectivity index (χ0v) is 16.2. The average Bonchev–Trinajstić information content (AvgIpc) is 3.13. The zero-order valence-electron chi connectivity index (χ0n) is 16.2. The molecule has 2 atom stereocenters. The molecule has 0 aromatic carbocycles. The lowest BCUT2D eigenvalue weighted by atomic mass is 9.86. The molecule has 5 heteroatoms. The van der Waals surface area contributed by atoms with Crippen LogP contribution >= 0.6 is 0 Å². The van der Waals surface area contributed by atoms with Gasteiger partial charge in [0.25, 0.3) is 0 Å². The fourth-order valence-corrected chi connectivity index (χ4v) is 4.88. The molecule has 0 radical (unpaired) electrons. The van der Waals surface area contributed by atoms with Crippen LogP contribution in [0.2, 0.25) is 0 Å². The molecule has 3 aliphatic rings. The molecule has 5 nitrogen and oxygen atoms in total. The van der Waals surface area contributed by atoms with E-state index in [-0.39, 0.29) is 5.91 Å². The molecule has 1 aliphatic carbocycles. The third kappa shape index (κ3) is 5.41. The zero-order chi connectivity index (χ0) is 17.6. The van der Waals surface area contributed by atoms with Gasteiger partial charge in [-0.05, 0) is 52.0 Å². The SMILES string of the molecule is CC(C)N1CC[C@H](N2CCOCC2)[C@H](CCC(=O)NC2CCCC2)C1. The van der Waals surface area contributed by atoms with Crippen molar-refractivity contribution >= 4 is 5.91 Å². The molecule has 0 spiro atoms. The Morgan fingerprint density at radius 2 is 1.84 bits per heavy atom. The third-order valence-electron chi connectivity index (χ3n) is 6.43. The van der Waals surface area contributed by atoms with Crippen LogP contribution in [-0.2, 0) is 9.53 Å². The molecule has 2 aliphatic heterocycles. The van der Waals surface area contributed by atoms with Crippen molar-refractivity contribution in [3.8, 4) is 0 Å². The fourth-order valence-electron chi connectivity index (χ4n) is 4.88. The van der Waals surface area contributed by atoms with Crippen LogP contribution in [0.15, 0.2) is 0 Å². The largest absolute Gasteiger partial charge is 0.379 e. The summed E-state index contributed by atoms with van der Waals surface area (Å²) in [7, 11) is 0. The quantitative estimate of drug-likeness (QED) is 0.797. The maximum absolute atomic E-state index is 12.4. The normalized spacial score (nSPS) is 30.0. The summed E-state index contributed by atoms with van der Waals surface area (Å²) in [6.07, 6.45) is 7.83. The van der Waals surface area contributed by atoms with E-state index in [4.69, 9.17) is 4.74 Å². The van der Waals surface area contributed by atoms with Crippen LogP contribution in [0.4, 0.5) is 0 Å². The van der Waals surface area contributed by atoms with Crippen LogP contribution in [-0.4, -0.2) is 73.2 Å². The third-order valence-corrected chi connectivity index (χ3v) is 6.43. The van der Waals surface area contributed by atoms with E-state index >= 15 is 0 Å². The molecule has 3 rings (SSSR count). The van der Waals surface area contributed by atoms with Gasteiger partial charge in [0, 0.05) is 44.2 Å². The number of likely N-dealkylation sites (tertiary alicyclic amines) is 1. The van der Waals surface area contributed by atoms with Gasteiger partial charge in [0.1, 0.15) is 0 Å². The van der Waals surface area contributed by atoms with Crippen LogP contribution in [0.25, 0.3) is 0 Å². The maximum atomic E-state index is 12.4. The van der Waals surface area contributed by atoms with Crippen molar-refractivity contribution in [1.82, 2.24) is 15.1 Å². The van der Waals surface area contributed by atoms with Gasteiger partial charge < -0.3 is 15.0 Å². The highest BCUT2D eigenvalue weighted by molar-refractivity contribution is 5.76. The number of ether oxygens (including phenoxy) is 1. The van der Waals surface area contributed by atoms with E-state index in [0.717, 1.165) is 39.3 Å². The summed E-state index contributed by atoms with van der Waals surface area (Å²) >= 11 is 0. The number of hydrogen-bond donors (Lipinski definition) is 1. The number of carbonyl (C=O) groups excluding carboxylic acids is 1. The molecule has 0 unspecified atom stereocenters. The standard InChI is InChI=1S/C20H37N3O2/c1-16(2)23-10-9-19(22-11-13-25-14-12-22)17(15-23)7-8-20(24)21-18-5-3-4-6-18/h16-19H,3-15H2,1-2H3,(H,21,24)/t17-,19+/m1/s1. The van der Waals surface area contributed by atoms with E-state index in [2.05, 4.69) is 29.0 Å². The Labute approximate surface area is 153 Å². The Morgan fingerprint density at radius 3 is 2.52 bits per heavy atom. The van der Waals surface area contributed by atoms with Gasteiger partial charge in [0.15, 0.2) is 0 Å². The van der Waals surface area contributed by atoms with E-state index in [0.29, 0.717) is 30.5 Å². The minimum Gasteiger partial charge on any atom is -0.379 e. The molecule has 1 amide bonds. The first-order valence-corrected chi connectivity index (χ1v) is 10.5. The van der Waals surface area contributed by atoms with Crippen molar-refractivity contribution in [2.45, 2.75) is 76.9 Å². The Hall–Kier alpha value is -0.650. The number of nitrogens with zero attached hydrogens (tertiary/aromatic N) is 2. The molecule has 0 aromatic rings. The van der Waals surface area contributed by atoms with Gasteiger partial charge in [-0.1, -0.05) is 12.8 Å². The van der Waals surface area contributed by atoms with Gasteiger partial charge >= 0.3 is 0 Å². The lowest BCUT2D eigenvalue weighted by Gasteiger charge is -2.46. The Balaban J connectivity index is 1.53. The smallest absolute Gasteiger partial charge is 0.220 e. The Morgan fingerprint density at radius 1 is 1.12 bits per heavy atom. The molecule has 0 bridgehead atoms. The van der Waals surface area contributed by atoms with Gasteiger partial charge in [-0.15, -0.1) is 0 Å². The van der Waals surface area contributed by atoms with E-state index in [1.165, 1.54) is 38.6 Å². The molecule has 144 valence electrons. The first-order valence-electron chi connectivity index (χ1n) is 10.5. The summed E-state index contributed by atoms with van der Waals surface area (Å²) in [5.41, 5.74) is 0. The molecular formula is C20H37N3O2. The maximum Gasteiger partial charge on any atom is 0.220 e. The molecule has 1 saturated carbocycles. The van der Waals surface area contributed by atoms with Crippen molar-refractivity contribution in [3.63, 3.8) is 0 Å². The van der Waals surface area contributed by atoms with Gasteiger partial charge in [0.05, 0.1) is 13.2 Å². The summed E-state index contributed by atoms with van der Waals surface area (Å²) in [4.78, 5) is 17.6. The van der Waals surface area contributed by atoms with Gasteiger partial charge in [-0.2, -0.15) is 0 Å². The van der Waals surface area contributed by atoms with E-state index in [9.17, 15) is 4.79 Å². The summed E-state index contributed by atoms with van der Waals surface area (Å²) in [6, 6.07) is 1.67. The van der Waals surface area contributed by atoms with Gasteiger partial charge in [0.2, 0.25) is 5.91 Å². The Kier molecular flexibility index (Phi) is 7.14. The monoisotopic (exact) mass is 351 g/mol. The van der Waals surface area contributed by atoms with Gasteiger partial charge in [-0.3, -0.25) is 9.69 Å². The topological polar surface area (TPSA) is 44.8 Å². The second kappa shape index (κ2) is 9.33. The highest BCUT2D eigenvalue weighted by Gasteiger charge is 2.34. The van der Waals surface area contributed by atoms with Crippen molar-refractivity contribution in [2.75, 3.05) is 39.4 Å². The van der Waals surface area contributed by atoms with Crippen LogP contribution < -0.4 is 5.32 Å². The lowest BCUT2D eigenvalue weighted by Crippen LogP contribution is -2.55. The highest BCUT2D eigenvalue weighted by atomic mass is 16.5. The number of piperidine rings is 1. The van der Waals surface area contributed by atoms with Crippen LogP contribution in [0.3, 0.4) is 0 Å². The fraction of sp³-hybridized carbons (Fsp3) is 0.950. The van der Waals surface area contributed by atoms with E-state index in [1.54, 1.807) is 0 Å². The predicted octanol–water partition coefficient (Wildman–Crippen LogP) is 2.26. The second-order valence-electron chi connectivity index (χ2n) is 8.44. The van der Waals surface area contributed by atoms with Crippen molar-refractivity contribution in [2.24, 2.45) is 5.92 Å². The molecule has 3 fully saturated rings. The molecule has 25 heavy (non-hydrogen) atoms. The lowest BCUT2D eigenvalue weighted by molar-refractivity contribution is -0.122. The average molecular weight is 352 g/mol. The molecule has 1 N–H and O–H groups in total. The molecular weight excluding hydrogens is 314 g/mol. The van der Waals surface area contributed by atoms with Crippen LogP contribution in [0, 0.1) is 5.92 Å². The summed E-state index contributed by atoms with van der Waals surface area (Å²) in [5.74, 6) is 0.873. The first kappa shape index (κ1) is 19.1. The highest BCUT2D eigenvalue weighted by Crippen LogP contribution is 2.28. The predicted molar refractivity (Wildman–Crippen MR) is 101 cm³/mol. The number of hydrogen-bond acceptors (Lipinski definition) is 4. The summed E-state index contributed by atoms with van der Waals surface area (Å²) in [6.45, 7) is 10.7. The summed E-state index contributed by atoms with van der Waals surface area (Å²) < 4.78 is 5.54. The second-order valence-corrected chi connectivity index (χ2v) is 8.44. The molecule has 2 heterocycles. The van der Waals surface area contributed by atoms with Gasteiger partial charge in [-0.25, -0.2) is 0 Å². The number of amides is 1. The number of carbonyl (C=O) groups is 1. The van der Waals surface area contributed by atoms with Crippen molar-refractivity contribution in [3.05, 3.63) is 0 Å². The minimum absolute atomic E-state index is 0.272. The van der Waals surface area contributed by atoms with Crippen molar-refractivity contribution < 1.29 is 9.53 Å². The van der Waals surface area contributed by atoms with E-state index < -0.39 is 0 Å². The Bertz CT molecular complexity index is 417.